The fraction of sp³-hybridized carbons (Fsp3) is 0.231. The summed E-state index contributed by atoms with van der Waals surface area (Å²) in [4.78, 5) is 0. The van der Waals surface area contributed by atoms with E-state index in [1.165, 1.54) is 12.1 Å². The van der Waals surface area contributed by atoms with Gasteiger partial charge in [0.15, 0.2) is 0 Å². The van der Waals surface area contributed by atoms with Gasteiger partial charge in [0.1, 0.15) is 23.9 Å². The van der Waals surface area contributed by atoms with Crippen molar-refractivity contribution >= 4 is 5.69 Å². The summed E-state index contributed by atoms with van der Waals surface area (Å²) < 4.78 is 18.2. The minimum Gasteiger partial charge on any atom is -0.462 e. The quantitative estimate of drug-likeness (QED) is 0.856. The highest BCUT2D eigenvalue weighted by molar-refractivity contribution is 5.50. The minimum absolute atomic E-state index is 0.102. The Morgan fingerprint density at radius 3 is 2.65 bits per heavy atom. The second kappa shape index (κ2) is 5.01. The molecule has 1 heterocycles. The molecule has 2 rings (SSSR count). The van der Waals surface area contributed by atoms with Crippen molar-refractivity contribution in [2.45, 2.75) is 20.1 Å². The molecule has 0 spiro atoms. The Balaban J connectivity index is 2.02. The third-order valence-electron chi connectivity index (χ3n) is 2.51. The van der Waals surface area contributed by atoms with Crippen molar-refractivity contribution in [2.24, 2.45) is 0 Å². The van der Waals surface area contributed by atoms with Gasteiger partial charge in [0, 0.05) is 5.69 Å². The molecule has 3 nitrogen and oxygen atoms in total. The number of hydrogen-bond acceptors (Lipinski definition) is 3. The van der Waals surface area contributed by atoms with Crippen molar-refractivity contribution in [1.82, 2.24) is 0 Å². The van der Waals surface area contributed by atoms with Crippen molar-refractivity contribution in [2.75, 3.05) is 5.32 Å². The van der Waals surface area contributed by atoms with Gasteiger partial charge in [-0.25, -0.2) is 4.39 Å². The molecule has 2 aromatic rings. The van der Waals surface area contributed by atoms with Crippen LogP contribution >= 0.6 is 0 Å². The Bertz CT molecular complexity index is 508. The number of halogens is 1. The highest BCUT2D eigenvalue weighted by atomic mass is 19.1. The lowest BCUT2D eigenvalue weighted by molar-refractivity contribution is 0.244. The van der Waals surface area contributed by atoms with Gasteiger partial charge in [-0.15, -0.1) is 0 Å². The van der Waals surface area contributed by atoms with Crippen LogP contribution in [-0.4, -0.2) is 5.11 Å². The molecule has 2 N–H and O–H groups in total. The van der Waals surface area contributed by atoms with Gasteiger partial charge in [0.25, 0.3) is 0 Å². The molecule has 0 amide bonds. The molecule has 0 atom stereocenters. The van der Waals surface area contributed by atoms with Gasteiger partial charge in [-0.2, -0.15) is 0 Å². The van der Waals surface area contributed by atoms with Gasteiger partial charge in [-0.05, 0) is 42.8 Å². The molecule has 0 fully saturated rings. The smallest absolute Gasteiger partial charge is 0.129 e. The molecule has 0 unspecified atom stereocenters. The monoisotopic (exact) mass is 235 g/mol. The van der Waals surface area contributed by atoms with Crippen LogP contribution in [0.5, 0.6) is 0 Å². The number of furan rings is 1. The van der Waals surface area contributed by atoms with E-state index in [1.54, 1.807) is 18.2 Å². The number of aliphatic hydroxyl groups excluding tert-OH is 1. The van der Waals surface area contributed by atoms with E-state index in [0.717, 1.165) is 17.0 Å². The van der Waals surface area contributed by atoms with E-state index in [9.17, 15) is 4.39 Å². The number of hydrogen-bond donors (Lipinski definition) is 2. The van der Waals surface area contributed by atoms with Gasteiger partial charge < -0.3 is 14.8 Å². The lowest BCUT2D eigenvalue weighted by Crippen LogP contribution is -2.00. The number of rotatable bonds is 4. The fourth-order valence-corrected chi connectivity index (χ4v) is 1.61. The zero-order valence-corrected chi connectivity index (χ0v) is 9.53. The Labute approximate surface area is 98.9 Å². The molecule has 0 aliphatic rings. The van der Waals surface area contributed by atoms with Crippen LogP contribution < -0.4 is 5.32 Å². The van der Waals surface area contributed by atoms with Gasteiger partial charge in [-0.3, -0.25) is 0 Å². The normalized spacial score (nSPS) is 10.5. The zero-order chi connectivity index (χ0) is 12.3. The predicted octanol–water partition coefficient (Wildman–Crippen LogP) is 2.83. The second-order valence-electron chi connectivity index (χ2n) is 3.84. The molecule has 0 aliphatic heterocycles. The molecular formula is C13H14FNO2. The second-order valence-corrected chi connectivity index (χ2v) is 3.84. The van der Waals surface area contributed by atoms with E-state index in [2.05, 4.69) is 5.32 Å². The zero-order valence-electron chi connectivity index (χ0n) is 9.53. The molecule has 0 aliphatic carbocycles. The minimum atomic E-state index is -0.242. The lowest BCUT2D eigenvalue weighted by atomic mass is 10.2. The molecule has 0 saturated carbocycles. The number of aliphatic hydroxyl groups is 1. The Morgan fingerprint density at radius 1 is 1.24 bits per heavy atom. The Kier molecular flexibility index (Phi) is 3.44. The number of aryl methyl sites for hydroxylation is 1. The van der Waals surface area contributed by atoms with E-state index in [4.69, 9.17) is 9.52 Å². The number of benzene rings is 1. The van der Waals surface area contributed by atoms with E-state index < -0.39 is 0 Å². The molecule has 0 bridgehead atoms. The predicted molar refractivity (Wildman–Crippen MR) is 63.1 cm³/mol. The first-order chi connectivity index (χ1) is 8.19. The number of nitrogens with one attached hydrogen (secondary N) is 1. The van der Waals surface area contributed by atoms with Crippen LogP contribution in [0.3, 0.4) is 0 Å². The SMILES string of the molecule is Cc1cc(F)ccc1NCc1ccc(CO)o1. The largest absolute Gasteiger partial charge is 0.462 e. The molecular weight excluding hydrogens is 221 g/mol. The first-order valence-electron chi connectivity index (χ1n) is 5.37. The molecule has 1 aromatic heterocycles. The van der Waals surface area contributed by atoms with Crippen molar-refractivity contribution < 1.29 is 13.9 Å². The summed E-state index contributed by atoms with van der Waals surface area (Å²) in [5.41, 5.74) is 1.72. The summed E-state index contributed by atoms with van der Waals surface area (Å²) in [5.74, 6) is 1.03. The fourth-order valence-electron chi connectivity index (χ4n) is 1.61. The third kappa shape index (κ3) is 2.85. The van der Waals surface area contributed by atoms with Gasteiger partial charge in [0.2, 0.25) is 0 Å². The summed E-state index contributed by atoms with van der Waals surface area (Å²) in [6, 6.07) is 8.12. The summed E-state index contributed by atoms with van der Waals surface area (Å²) in [6.45, 7) is 2.24. The molecule has 0 saturated heterocycles. The van der Waals surface area contributed by atoms with Crippen LogP contribution in [0.2, 0.25) is 0 Å². The van der Waals surface area contributed by atoms with Crippen LogP contribution in [0, 0.1) is 12.7 Å². The third-order valence-corrected chi connectivity index (χ3v) is 2.51. The average Bonchev–Trinajstić information content (AvgIpc) is 2.76. The highest BCUT2D eigenvalue weighted by Gasteiger charge is 2.03. The first kappa shape index (κ1) is 11.7. The molecule has 90 valence electrons. The summed E-state index contributed by atoms with van der Waals surface area (Å²) in [6.07, 6.45) is 0. The van der Waals surface area contributed by atoms with Crippen molar-refractivity contribution in [3.05, 3.63) is 53.2 Å². The molecule has 4 heteroatoms. The summed E-state index contributed by atoms with van der Waals surface area (Å²) >= 11 is 0. The van der Waals surface area contributed by atoms with Gasteiger partial charge in [-0.1, -0.05) is 0 Å². The average molecular weight is 235 g/mol. The molecule has 0 radical (unpaired) electrons. The maximum atomic E-state index is 12.9. The van der Waals surface area contributed by atoms with E-state index in [1.807, 2.05) is 6.92 Å². The van der Waals surface area contributed by atoms with E-state index >= 15 is 0 Å². The highest BCUT2D eigenvalue weighted by Crippen LogP contribution is 2.17. The van der Waals surface area contributed by atoms with Gasteiger partial charge in [0.05, 0.1) is 6.54 Å². The van der Waals surface area contributed by atoms with Crippen molar-refractivity contribution in [1.29, 1.82) is 0 Å². The van der Waals surface area contributed by atoms with E-state index in [0.29, 0.717) is 12.3 Å². The first-order valence-corrected chi connectivity index (χ1v) is 5.37. The lowest BCUT2D eigenvalue weighted by Gasteiger charge is -2.07. The standard InChI is InChI=1S/C13H14FNO2/c1-9-6-10(14)2-5-13(9)15-7-11-3-4-12(8-16)17-11/h2-6,15-16H,7-8H2,1H3. The van der Waals surface area contributed by atoms with Gasteiger partial charge >= 0.3 is 0 Å². The molecule has 1 aromatic carbocycles. The Hall–Kier alpha value is -1.81. The number of anilines is 1. The van der Waals surface area contributed by atoms with Crippen molar-refractivity contribution in [3.63, 3.8) is 0 Å². The topological polar surface area (TPSA) is 45.4 Å². The summed E-state index contributed by atoms with van der Waals surface area (Å²) in [5, 5.41) is 12.0. The Morgan fingerprint density at radius 2 is 2.00 bits per heavy atom. The van der Waals surface area contributed by atoms with Crippen LogP contribution in [0.4, 0.5) is 10.1 Å². The maximum absolute atomic E-state index is 12.9. The van der Waals surface area contributed by atoms with Crippen molar-refractivity contribution in [3.8, 4) is 0 Å². The maximum Gasteiger partial charge on any atom is 0.129 e. The van der Waals surface area contributed by atoms with Crippen LogP contribution in [0.1, 0.15) is 17.1 Å². The van der Waals surface area contributed by atoms with Crippen LogP contribution in [0.25, 0.3) is 0 Å². The summed E-state index contributed by atoms with van der Waals surface area (Å²) in [7, 11) is 0. The van der Waals surface area contributed by atoms with Crippen LogP contribution in [-0.2, 0) is 13.2 Å². The molecule has 17 heavy (non-hydrogen) atoms. The van der Waals surface area contributed by atoms with E-state index in [-0.39, 0.29) is 12.4 Å². The van der Waals surface area contributed by atoms with Crippen LogP contribution in [0.15, 0.2) is 34.7 Å².